The van der Waals surface area contributed by atoms with E-state index in [2.05, 4.69) is 49.2 Å². The van der Waals surface area contributed by atoms with E-state index >= 15 is 0 Å². The summed E-state index contributed by atoms with van der Waals surface area (Å²) in [6, 6.07) is 9.53. The van der Waals surface area contributed by atoms with E-state index in [-0.39, 0.29) is 0 Å². The second kappa shape index (κ2) is 6.29. The van der Waals surface area contributed by atoms with Crippen molar-refractivity contribution < 1.29 is 4.74 Å². The van der Waals surface area contributed by atoms with Crippen molar-refractivity contribution in [3.8, 4) is 5.75 Å². The fraction of sp³-hybridized carbons (Fsp3) is 0.625. The molecule has 1 aliphatic rings. The highest BCUT2D eigenvalue weighted by molar-refractivity contribution is 5.52. The van der Waals surface area contributed by atoms with E-state index in [0.29, 0.717) is 18.0 Å². The van der Waals surface area contributed by atoms with E-state index in [0.717, 1.165) is 25.4 Å². The molecule has 0 aliphatic carbocycles. The van der Waals surface area contributed by atoms with Crippen LogP contribution in [0.25, 0.3) is 0 Å². The molecule has 3 nitrogen and oxygen atoms in total. The van der Waals surface area contributed by atoms with E-state index in [9.17, 15) is 0 Å². The third-order valence-electron chi connectivity index (χ3n) is 3.87. The third kappa shape index (κ3) is 3.41. The maximum atomic E-state index is 5.60. The molecule has 1 N–H and O–H groups in total. The lowest BCUT2D eigenvalue weighted by Gasteiger charge is -2.42. The molecule has 0 saturated carbocycles. The summed E-state index contributed by atoms with van der Waals surface area (Å²) in [5, 5.41) is 3.63. The Balaban J connectivity index is 2.16. The van der Waals surface area contributed by atoms with Gasteiger partial charge in [-0.05, 0) is 31.9 Å². The largest absolute Gasteiger partial charge is 0.494 e. The highest BCUT2D eigenvalue weighted by Crippen LogP contribution is 2.25. The fourth-order valence-electron chi connectivity index (χ4n) is 2.61. The minimum Gasteiger partial charge on any atom is -0.494 e. The van der Waals surface area contributed by atoms with Gasteiger partial charge in [0.05, 0.1) is 6.61 Å². The highest BCUT2D eigenvalue weighted by Gasteiger charge is 2.26. The highest BCUT2D eigenvalue weighted by atomic mass is 16.5. The minimum absolute atomic E-state index is 0.520. The van der Waals surface area contributed by atoms with Gasteiger partial charge in [-0.25, -0.2) is 0 Å². The lowest BCUT2D eigenvalue weighted by Crippen LogP contribution is -2.57. The van der Waals surface area contributed by atoms with Crippen molar-refractivity contribution in [1.82, 2.24) is 5.32 Å². The van der Waals surface area contributed by atoms with Crippen molar-refractivity contribution in [2.24, 2.45) is 5.92 Å². The van der Waals surface area contributed by atoms with Crippen LogP contribution in [0.1, 0.15) is 27.7 Å². The molecule has 1 aliphatic heterocycles. The first-order chi connectivity index (χ1) is 9.11. The standard InChI is InChI=1S/C16H26N2O/c1-5-19-15-8-6-7-14(9-15)18-11-16(12(2)3)17-10-13(18)4/h6-9,12-13,16-17H,5,10-11H2,1-4H3. The molecule has 0 amide bonds. The molecule has 2 unspecified atom stereocenters. The van der Waals surface area contributed by atoms with Gasteiger partial charge in [0.25, 0.3) is 0 Å². The van der Waals surface area contributed by atoms with Gasteiger partial charge in [-0.15, -0.1) is 0 Å². The van der Waals surface area contributed by atoms with E-state index in [1.54, 1.807) is 0 Å². The van der Waals surface area contributed by atoms with Gasteiger partial charge in [0.1, 0.15) is 5.75 Å². The lowest BCUT2D eigenvalue weighted by molar-refractivity contribution is 0.333. The smallest absolute Gasteiger partial charge is 0.121 e. The van der Waals surface area contributed by atoms with Crippen LogP contribution in [0.4, 0.5) is 5.69 Å². The maximum Gasteiger partial charge on any atom is 0.121 e. The number of nitrogens with one attached hydrogen (secondary N) is 1. The Labute approximate surface area is 116 Å². The predicted octanol–water partition coefficient (Wildman–Crippen LogP) is 2.91. The Morgan fingerprint density at radius 1 is 1.42 bits per heavy atom. The molecule has 2 rings (SSSR count). The van der Waals surface area contributed by atoms with Crippen molar-refractivity contribution in [3.63, 3.8) is 0 Å². The number of hydrogen-bond donors (Lipinski definition) is 1. The molecule has 1 saturated heterocycles. The number of nitrogens with zero attached hydrogens (tertiary/aromatic N) is 1. The number of anilines is 1. The number of hydrogen-bond acceptors (Lipinski definition) is 3. The van der Waals surface area contributed by atoms with Crippen molar-refractivity contribution in [3.05, 3.63) is 24.3 Å². The van der Waals surface area contributed by atoms with Gasteiger partial charge in [0.2, 0.25) is 0 Å². The van der Waals surface area contributed by atoms with Gasteiger partial charge in [0.15, 0.2) is 0 Å². The van der Waals surface area contributed by atoms with Gasteiger partial charge in [-0.2, -0.15) is 0 Å². The Hall–Kier alpha value is -1.22. The van der Waals surface area contributed by atoms with Gasteiger partial charge in [-0.1, -0.05) is 19.9 Å². The molecule has 19 heavy (non-hydrogen) atoms. The molecule has 0 bridgehead atoms. The van der Waals surface area contributed by atoms with E-state index < -0.39 is 0 Å². The molecule has 1 aromatic carbocycles. The Morgan fingerprint density at radius 2 is 2.21 bits per heavy atom. The van der Waals surface area contributed by atoms with E-state index in [1.165, 1.54) is 5.69 Å². The number of rotatable bonds is 4. The van der Waals surface area contributed by atoms with E-state index in [4.69, 9.17) is 4.74 Å². The molecule has 106 valence electrons. The molecular formula is C16H26N2O. The lowest BCUT2D eigenvalue weighted by atomic mass is 9.99. The molecule has 0 radical (unpaired) electrons. The van der Waals surface area contributed by atoms with Gasteiger partial charge < -0.3 is 15.0 Å². The van der Waals surface area contributed by atoms with Crippen LogP contribution in [0.5, 0.6) is 5.75 Å². The zero-order valence-corrected chi connectivity index (χ0v) is 12.5. The first-order valence-electron chi connectivity index (χ1n) is 7.34. The second-order valence-corrected chi connectivity index (χ2v) is 5.69. The quantitative estimate of drug-likeness (QED) is 0.903. The van der Waals surface area contributed by atoms with Gasteiger partial charge >= 0.3 is 0 Å². The molecular weight excluding hydrogens is 236 g/mol. The zero-order valence-electron chi connectivity index (χ0n) is 12.5. The average Bonchev–Trinajstić information content (AvgIpc) is 2.39. The van der Waals surface area contributed by atoms with Crippen molar-refractivity contribution in [2.45, 2.75) is 39.8 Å². The maximum absolute atomic E-state index is 5.60. The zero-order chi connectivity index (χ0) is 13.8. The van der Waals surface area contributed by atoms with Crippen molar-refractivity contribution >= 4 is 5.69 Å². The SMILES string of the molecule is CCOc1cccc(N2CC(C(C)C)NCC2C)c1. The molecule has 1 aromatic rings. The number of piperazine rings is 1. The van der Waals surface area contributed by atoms with Crippen LogP contribution in [-0.4, -0.2) is 31.8 Å². The van der Waals surface area contributed by atoms with E-state index in [1.807, 2.05) is 13.0 Å². The van der Waals surface area contributed by atoms with Gasteiger partial charge in [-0.3, -0.25) is 0 Å². The molecule has 3 heteroatoms. The predicted molar refractivity (Wildman–Crippen MR) is 81.0 cm³/mol. The first kappa shape index (κ1) is 14.2. The van der Waals surface area contributed by atoms with Gasteiger partial charge in [0, 0.05) is 36.9 Å². The van der Waals surface area contributed by atoms with Crippen LogP contribution in [-0.2, 0) is 0 Å². The molecule has 0 spiro atoms. The summed E-state index contributed by atoms with van der Waals surface area (Å²) >= 11 is 0. The molecule has 1 fully saturated rings. The normalized spacial score (nSPS) is 23.7. The molecule has 0 aromatic heterocycles. The second-order valence-electron chi connectivity index (χ2n) is 5.69. The van der Waals surface area contributed by atoms with Crippen LogP contribution >= 0.6 is 0 Å². The van der Waals surface area contributed by atoms with Crippen LogP contribution in [0.3, 0.4) is 0 Å². The summed E-state index contributed by atoms with van der Waals surface area (Å²) in [5.74, 6) is 1.62. The Kier molecular flexibility index (Phi) is 4.70. The summed E-state index contributed by atoms with van der Waals surface area (Å²) in [5.41, 5.74) is 1.27. The number of benzene rings is 1. The Bertz CT molecular complexity index is 405. The fourth-order valence-corrected chi connectivity index (χ4v) is 2.61. The number of ether oxygens (including phenoxy) is 1. The van der Waals surface area contributed by atoms with Crippen LogP contribution in [0.15, 0.2) is 24.3 Å². The third-order valence-corrected chi connectivity index (χ3v) is 3.87. The van der Waals surface area contributed by atoms with Crippen molar-refractivity contribution in [1.29, 1.82) is 0 Å². The summed E-state index contributed by atoms with van der Waals surface area (Å²) < 4.78 is 5.60. The average molecular weight is 262 g/mol. The van der Waals surface area contributed by atoms with Crippen LogP contribution < -0.4 is 15.0 Å². The summed E-state index contributed by atoms with van der Waals surface area (Å²) in [6.07, 6.45) is 0. The first-order valence-corrected chi connectivity index (χ1v) is 7.34. The topological polar surface area (TPSA) is 24.5 Å². The van der Waals surface area contributed by atoms with Crippen molar-refractivity contribution in [2.75, 3.05) is 24.6 Å². The summed E-state index contributed by atoms with van der Waals surface area (Å²) in [6.45, 7) is 11.7. The van der Waals surface area contributed by atoms with Crippen LogP contribution in [0, 0.1) is 5.92 Å². The monoisotopic (exact) mass is 262 g/mol. The summed E-state index contributed by atoms with van der Waals surface area (Å²) in [4.78, 5) is 2.49. The Morgan fingerprint density at radius 3 is 2.89 bits per heavy atom. The molecule has 2 atom stereocenters. The minimum atomic E-state index is 0.520. The summed E-state index contributed by atoms with van der Waals surface area (Å²) in [7, 11) is 0. The molecule has 1 heterocycles. The van der Waals surface area contributed by atoms with Crippen LogP contribution in [0.2, 0.25) is 0 Å².